The van der Waals surface area contributed by atoms with Crippen LogP contribution in [0.25, 0.3) is 0 Å². The maximum absolute atomic E-state index is 11.5. The van der Waals surface area contributed by atoms with Gasteiger partial charge >= 0.3 is 6.03 Å². The third kappa shape index (κ3) is 6.51. The summed E-state index contributed by atoms with van der Waals surface area (Å²) in [6.07, 6.45) is 2.56. The summed E-state index contributed by atoms with van der Waals surface area (Å²) in [6, 6.07) is -0.0512. The van der Waals surface area contributed by atoms with Crippen LogP contribution in [-0.4, -0.2) is 67.8 Å². The first-order chi connectivity index (χ1) is 9.15. The zero-order chi connectivity index (χ0) is 14.1. The smallest absolute Gasteiger partial charge is 0.321 e. The number of hydrogen-bond acceptors (Lipinski definition) is 5. The fraction of sp³-hybridized carbons (Fsp3) is 0.833. The lowest BCUT2D eigenvalue weighted by molar-refractivity contribution is -0.120. The van der Waals surface area contributed by atoms with E-state index in [1.54, 1.807) is 0 Å². The van der Waals surface area contributed by atoms with E-state index in [2.05, 4.69) is 16.0 Å². The van der Waals surface area contributed by atoms with Crippen molar-refractivity contribution in [3.8, 4) is 0 Å². The number of carbonyl (C=O) groups is 2. The van der Waals surface area contributed by atoms with Crippen molar-refractivity contribution in [3.63, 3.8) is 0 Å². The minimum Gasteiger partial charge on any atom is -0.395 e. The Morgan fingerprint density at radius 2 is 2.21 bits per heavy atom. The number of carbonyl (C=O) groups excluding carboxylic acids is 2. The highest BCUT2D eigenvalue weighted by atomic mass is 16.3. The third-order valence-corrected chi connectivity index (χ3v) is 3.19. The third-order valence-electron chi connectivity index (χ3n) is 3.19. The molecule has 1 unspecified atom stereocenters. The van der Waals surface area contributed by atoms with Crippen LogP contribution in [0.2, 0.25) is 0 Å². The average molecular weight is 272 g/mol. The van der Waals surface area contributed by atoms with Crippen LogP contribution < -0.4 is 16.0 Å². The van der Waals surface area contributed by atoms with Crippen LogP contribution in [-0.2, 0) is 4.79 Å². The summed E-state index contributed by atoms with van der Waals surface area (Å²) in [4.78, 5) is 24.5. The van der Waals surface area contributed by atoms with Crippen LogP contribution in [0.15, 0.2) is 0 Å². The highest BCUT2D eigenvalue weighted by Crippen LogP contribution is 2.07. The number of amides is 3. The number of urea groups is 1. The predicted octanol–water partition coefficient (Wildman–Crippen LogP) is -1.12. The zero-order valence-corrected chi connectivity index (χ0v) is 11.4. The molecular weight excluding hydrogens is 248 g/mol. The fourth-order valence-corrected chi connectivity index (χ4v) is 2.17. The SMILES string of the molecule is CNC(=O)NC(=O)CCN(CCO)CC1CCCN1. The summed E-state index contributed by atoms with van der Waals surface area (Å²) in [5, 5.41) is 17.0. The Hall–Kier alpha value is -1.18. The lowest BCUT2D eigenvalue weighted by Crippen LogP contribution is -2.42. The van der Waals surface area contributed by atoms with Gasteiger partial charge < -0.3 is 15.7 Å². The Balaban J connectivity index is 2.27. The van der Waals surface area contributed by atoms with Gasteiger partial charge in [0.15, 0.2) is 0 Å². The van der Waals surface area contributed by atoms with Crippen molar-refractivity contribution >= 4 is 11.9 Å². The van der Waals surface area contributed by atoms with Gasteiger partial charge in [0.2, 0.25) is 5.91 Å². The van der Waals surface area contributed by atoms with E-state index in [0.717, 1.165) is 19.5 Å². The molecule has 3 amide bonds. The highest BCUT2D eigenvalue weighted by molar-refractivity contribution is 5.94. The normalized spacial score (nSPS) is 18.6. The molecule has 1 fully saturated rings. The van der Waals surface area contributed by atoms with E-state index in [4.69, 9.17) is 5.11 Å². The Morgan fingerprint density at radius 3 is 2.79 bits per heavy atom. The Kier molecular flexibility index (Phi) is 7.39. The van der Waals surface area contributed by atoms with E-state index in [-0.39, 0.29) is 18.9 Å². The number of nitrogens with one attached hydrogen (secondary N) is 3. The van der Waals surface area contributed by atoms with Crippen LogP contribution in [0.4, 0.5) is 4.79 Å². The molecule has 1 atom stereocenters. The molecule has 1 aliphatic heterocycles. The number of aliphatic hydroxyl groups is 1. The van der Waals surface area contributed by atoms with E-state index in [1.165, 1.54) is 13.5 Å². The summed E-state index contributed by atoms with van der Waals surface area (Å²) in [6.45, 7) is 3.03. The fourth-order valence-electron chi connectivity index (χ4n) is 2.17. The number of hydrogen-bond donors (Lipinski definition) is 4. The molecule has 4 N–H and O–H groups in total. The lowest BCUT2D eigenvalue weighted by atomic mass is 10.2. The van der Waals surface area contributed by atoms with Gasteiger partial charge in [0.1, 0.15) is 0 Å². The van der Waals surface area contributed by atoms with E-state index in [1.807, 2.05) is 4.90 Å². The molecule has 7 heteroatoms. The summed E-state index contributed by atoms with van der Waals surface area (Å²) < 4.78 is 0. The van der Waals surface area contributed by atoms with Gasteiger partial charge in [-0.3, -0.25) is 15.0 Å². The Labute approximate surface area is 113 Å². The van der Waals surface area contributed by atoms with Crippen LogP contribution in [0.1, 0.15) is 19.3 Å². The van der Waals surface area contributed by atoms with Crippen molar-refractivity contribution in [3.05, 3.63) is 0 Å². The Bertz CT molecular complexity index is 293. The molecule has 19 heavy (non-hydrogen) atoms. The van der Waals surface area contributed by atoms with Crippen LogP contribution >= 0.6 is 0 Å². The monoisotopic (exact) mass is 272 g/mol. The van der Waals surface area contributed by atoms with Crippen molar-refractivity contribution in [2.24, 2.45) is 0 Å². The largest absolute Gasteiger partial charge is 0.395 e. The molecule has 0 aromatic heterocycles. The number of rotatable bonds is 7. The Morgan fingerprint density at radius 1 is 1.42 bits per heavy atom. The minimum absolute atomic E-state index is 0.0732. The second kappa shape index (κ2) is 8.84. The maximum atomic E-state index is 11.5. The second-order valence-corrected chi connectivity index (χ2v) is 4.69. The molecule has 0 bridgehead atoms. The molecule has 110 valence electrons. The van der Waals surface area contributed by atoms with Gasteiger partial charge in [-0.15, -0.1) is 0 Å². The predicted molar refractivity (Wildman–Crippen MR) is 71.8 cm³/mol. The van der Waals surface area contributed by atoms with Crippen LogP contribution in [0.3, 0.4) is 0 Å². The summed E-state index contributed by atoms with van der Waals surface area (Å²) >= 11 is 0. The molecule has 1 heterocycles. The summed E-state index contributed by atoms with van der Waals surface area (Å²) in [7, 11) is 1.46. The molecule has 7 nitrogen and oxygen atoms in total. The van der Waals surface area contributed by atoms with Crippen molar-refractivity contribution in [1.82, 2.24) is 20.9 Å². The molecule has 0 spiro atoms. The molecule has 0 aromatic carbocycles. The van der Waals surface area contributed by atoms with Gasteiger partial charge in [-0.2, -0.15) is 0 Å². The number of aliphatic hydroxyl groups excluding tert-OH is 1. The topological polar surface area (TPSA) is 93.7 Å². The molecule has 0 saturated carbocycles. The van der Waals surface area contributed by atoms with Crippen LogP contribution in [0.5, 0.6) is 0 Å². The van der Waals surface area contributed by atoms with Crippen molar-refractivity contribution < 1.29 is 14.7 Å². The lowest BCUT2D eigenvalue weighted by Gasteiger charge is -2.24. The van der Waals surface area contributed by atoms with Gasteiger partial charge in [-0.25, -0.2) is 4.79 Å². The number of imide groups is 1. The van der Waals surface area contributed by atoms with Crippen molar-refractivity contribution in [1.29, 1.82) is 0 Å². The van der Waals surface area contributed by atoms with E-state index < -0.39 is 6.03 Å². The standard InChI is InChI=1S/C12H24N4O3/c1-13-12(19)15-11(18)4-6-16(7-8-17)9-10-3-2-5-14-10/h10,14,17H,2-9H2,1H3,(H2,13,15,18,19). The summed E-state index contributed by atoms with van der Waals surface area (Å²) in [5.74, 6) is -0.304. The van der Waals surface area contributed by atoms with E-state index in [9.17, 15) is 9.59 Å². The second-order valence-electron chi connectivity index (χ2n) is 4.69. The van der Waals surface area contributed by atoms with Crippen molar-refractivity contribution in [2.45, 2.75) is 25.3 Å². The minimum atomic E-state index is -0.490. The van der Waals surface area contributed by atoms with Gasteiger partial charge in [0, 0.05) is 39.1 Å². The van der Waals surface area contributed by atoms with E-state index in [0.29, 0.717) is 19.1 Å². The maximum Gasteiger partial charge on any atom is 0.321 e. The summed E-state index contributed by atoms with van der Waals surface area (Å²) in [5.41, 5.74) is 0. The first-order valence-electron chi connectivity index (χ1n) is 6.74. The quantitative estimate of drug-likeness (QED) is 0.471. The molecule has 0 radical (unpaired) electrons. The van der Waals surface area contributed by atoms with E-state index >= 15 is 0 Å². The molecule has 1 aliphatic rings. The van der Waals surface area contributed by atoms with Crippen molar-refractivity contribution in [2.75, 3.05) is 39.8 Å². The molecular formula is C12H24N4O3. The van der Waals surface area contributed by atoms with Gasteiger partial charge in [0.25, 0.3) is 0 Å². The average Bonchev–Trinajstić information content (AvgIpc) is 2.89. The van der Waals surface area contributed by atoms with Gasteiger partial charge in [0.05, 0.1) is 6.61 Å². The number of nitrogens with zero attached hydrogens (tertiary/aromatic N) is 1. The van der Waals surface area contributed by atoms with Gasteiger partial charge in [-0.05, 0) is 19.4 Å². The van der Waals surface area contributed by atoms with Crippen LogP contribution in [0, 0.1) is 0 Å². The first-order valence-corrected chi connectivity index (χ1v) is 6.74. The van der Waals surface area contributed by atoms with Gasteiger partial charge in [-0.1, -0.05) is 0 Å². The highest BCUT2D eigenvalue weighted by Gasteiger charge is 2.18. The zero-order valence-electron chi connectivity index (χ0n) is 11.4. The molecule has 0 aromatic rings. The molecule has 1 saturated heterocycles. The molecule has 1 rings (SSSR count). The molecule has 0 aliphatic carbocycles. The first kappa shape index (κ1) is 15.9.